The first-order valence-electron chi connectivity index (χ1n) is 9.05. The third kappa shape index (κ3) is 3.97. The predicted molar refractivity (Wildman–Crippen MR) is 94.7 cm³/mol. The first kappa shape index (κ1) is 17.4. The van der Waals surface area contributed by atoms with Crippen LogP contribution in [0, 0.1) is 11.8 Å². The standard InChI is InChI=1S/C18H27N3O2S/c1-12(2)16(22)19-9-15-11-24-17(20-15)14-7-4-8-21(10-14)18(23)13-5-3-6-13/h11-14H,3-10H2,1-2H3,(H,19,22). The van der Waals surface area contributed by atoms with Crippen LogP contribution in [0.3, 0.4) is 0 Å². The number of piperidine rings is 1. The van der Waals surface area contributed by atoms with Gasteiger partial charge < -0.3 is 10.2 Å². The summed E-state index contributed by atoms with van der Waals surface area (Å²) >= 11 is 1.66. The van der Waals surface area contributed by atoms with Gasteiger partial charge in [0.15, 0.2) is 0 Å². The van der Waals surface area contributed by atoms with Crippen LogP contribution in [0.2, 0.25) is 0 Å². The molecule has 1 aromatic rings. The molecular weight excluding hydrogens is 322 g/mol. The van der Waals surface area contributed by atoms with Gasteiger partial charge in [0.2, 0.25) is 11.8 Å². The average Bonchev–Trinajstić information content (AvgIpc) is 3.00. The van der Waals surface area contributed by atoms with E-state index in [1.165, 1.54) is 6.42 Å². The Kier molecular flexibility index (Phi) is 5.54. The van der Waals surface area contributed by atoms with Crippen LogP contribution in [0.5, 0.6) is 0 Å². The Hall–Kier alpha value is -1.43. The van der Waals surface area contributed by atoms with Crippen molar-refractivity contribution < 1.29 is 9.59 Å². The highest BCUT2D eigenvalue weighted by molar-refractivity contribution is 7.09. The largest absolute Gasteiger partial charge is 0.350 e. The molecule has 0 bridgehead atoms. The van der Waals surface area contributed by atoms with Gasteiger partial charge >= 0.3 is 0 Å². The molecule has 1 unspecified atom stereocenters. The van der Waals surface area contributed by atoms with Crippen molar-refractivity contribution in [2.45, 2.75) is 58.4 Å². The normalized spacial score (nSPS) is 21.6. The van der Waals surface area contributed by atoms with E-state index < -0.39 is 0 Å². The van der Waals surface area contributed by atoms with E-state index in [9.17, 15) is 9.59 Å². The predicted octanol–water partition coefficient (Wildman–Crippen LogP) is 2.92. The molecule has 2 fully saturated rings. The van der Waals surface area contributed by atoms with Gasteiger partial charge in [0.1, 0.15) is 0 Å². The van der Waals surface area contributed by atoms with Gasteiger partial charge in [-0.1, -0.05) is 20.3 Å². The maximum Gasteiger partial charge on any atom is 0.225 e. The first-order chi connectivity index (χ1) is 11.5. The molecule has 1 atom stereocenters. The lowest BCUT2D eigenvalue weighted by Crippen LogP contribution is -2.44. The topological polar surface area (TPSA) is 62.3 Å². The minimum atomic E-state index is -0.00692. The molecule has 132 valence electrons. The fourth-order valence-corrected chi connectivity index (χ4v) is 4.21. The average molecular weight is 350 g/mol. The van der Waals surface area contributed by atoms with Crippen LogP contribution >= 0.6 is 11.3 Å². The monoisotopic (exact) mass is 349 g/mol. The number of carbonyl (C=O) groups excluding carboxylic acids is 2. The number of hydrogen-bond donors (Lipinski definition) is 1. The van der Waals surface area contributed by atoms with Gasteiger partial charge in [-0.25, -0.2) is 4.98 Å². The Morgan fingerprint density at radius 2 is 2.12 bits per heavy atom. The maximum absolute atomic E-state index is 12.5. The van der Waals surface area contributed by atoms with E-state index in [-0.39, 0.29) is 17.7 Å². The van der Waals surface area contributed by atoms with E-state index >= 15 is 0 Å². The Morgan fingerprint density at radius 3 is 2.79 bits per heavy atom. The SMILES string of the molecule is CC(C)C(=O)NCc1csc(C2CCCN(C(=O)C3CCC3)C2)n1. The zero-order valence-corrected chi connectivity index (χ0v) is 15.4. The van der Waals surface area contributed by atoms with Crippen molar-refractivity contribution in [3.8, 4) is 0 Å². The van der Waals surface area contributed by atoms with Crippen molar-refractivity contribution in [2.75, 3.05) is 13.1 Å². The summed E-state index contributed by atoms with van der Waals surface area (Å²) in [5.41, 5.74) is 0.923. The van der Waals surface area contributed by atoms with Crippen LogP contribution in [0.4, 0.5) is 0 Å². The Balaban J connectivity index is 1.56. The molecule has 1 aliphatic carbocycles. The summed E-state index contributed by atoms with van der Waals surface area (Å²) in [6, 6.07) is 0. The molecule has 2 amide bonds. The molecule has 5 nitrogen and oxygen atoms in total. The van der Waals surface area contributed by atoms with Crippen molar-refractivity contribution in [1.29, 1.82) is 0 Å². The molecule has 1 saturated carbocycles. The number of nitrogens with zero attached hydrogens (tertiary/aromatic N) is 2. The lowest BCUT2D eigenvalue weighted by atomic mass is 9.83. The van der Waals surface area contributed by atoms with Crippen molar-refractivity contribution >= 4 is 23.2 Å². The second-order valence-corrected chi connectivity index (χ2v) is 8.19. The minimum absolute atomic E-state index is 0.00692. The molecule has 1 saturated heterocycles. The Bertz CT molecular complexity index is 595. The van der Waals surface area contributed by atoms with E-state index in [0.29, 0.717) is 18.4 Å². The minimum Gasteiger partial charge on any atom is -0.350 e. The number of thiazole rings is 1. The highest BCUT2D eigenvalue weighted by Gasteiger charge is 2.33. The highest BCUT2D eigenvalue weighted by Crippen LogP contribution is 2.33. The summed E-state index contributed by atoms with van der Waals surface area (Å²) in [4.78, 5) is 30.9. The van der Waals surface area contributed by atoms with Gasteiger partial charge in [-0.3, -0.25) is 9.59 Å². The van der Waals surface area contributed by atoms with Gasteiger partial charge in [-0.15, -0.1) is 11.3 Å². The smallest absolute Gasteiger partial charge is 0.225 e. The van der Waals surface area contributed by atoms with E-state index in [0.717, 1.165) is 49.5 Å². The molecule has 6 heteroatoms. The number of carbonyl (C=O) groups is 2. The lowest BCUT2D eigenvalue weighted by molar-refractivity contribution is -0.139. The third-order valence-electron chi connectivity index (χ3n) is 5.07. The Labute approximate surface area is 147 Å². The van der Waals surface area contributed by atoms with Crippen molar-refractivity contribution in [2.24, 2.45) is 11.8 Å². The Morgan fingerprint density at radius 1 is 1.33 bits per heavy atom. The number of hydrogen-bond acceptors (Lipinski definition) is 4. The van der Waals surface area contributed by atoms with Gasteiger partial charge in [-0.05, 0) is 25.7 Å². The summed E-state index contributed by atoms with van der Waals surface area (Å²) < 4.78 is 0. The van der Waals surface area contributed by atoms with Crippen LogP contribution in [0.15, 0.2) is 5.38 Å². The highest BCUT2D eigenvalue weighted by atomic mass is 32.1. The fraction of sp³-hybridized carbons (Fsp3) is 0.722. The summed E-state index contributed by atoms with van der Waals surface area (Å²) in [5, 5.41) is 6.05. The second kappa shape index (κ2) is 7.64. The third-order valence-corrected chi connectivity index (χ3v) is 6.13. The van der Waals surface area contributed by atoms with Gasteiger partial charge in [0, 0.05) is 36.2 Å². The fourth-order valence-electron chi connectivity index (χ4n) is 3.27. The molecule has 2 heterocycles. The molecule has 3 rings (SSSR count). The lowest BCUT2D eigenvalue weighted by Gasteiger charge is -2.36. The number of aromatic nitrogens is 1. The quantitative estimate of drug-likeness (QED) is 0.889. The molecule has 0 radical (unpaired) electrons. The van der Waals surface area contributed by atoms with Crippen LogP contribution in [0.25, 0.3) is 0 Å². The number of likely N-dealkylation sites (tertiary alicyclic amines) is 1. The van der Waals surface area contributed by atoms with Crippen molar-refractivity contribution in [1.82, 2.24) is 15.2 Å². The van der Waals surface area contributed by atoms with E-state index in [1.807, 2.05) is 19.2 Å². The molecule has 1 aliphatic heterocycles. The van der Waals surface area contributed by atoms with Crippen LogP contribution < -0.4 is 5.32 Å². The molecule has 1 N–H and O–H groups in total. The zero-order valence-electron chi connectivity index (χ0n) is 14.6. The molecule has 1 aromatic heterocycles. The molecule has 0 spiro atoms. The van der Waals surface area contributed by atoms with Crippen molar-refractivity contribution in [3.05, 3.63) is 16.1 Å². The number of rotatable bonds is 5. The molecule has 0 aromatic carbocycles. The van der Waals surface area contributed by atoms with Crippen LogP contribution in [0.1, 0.15) is 62.6 Å². The molecule has 2 aliphatic rings. The van der Waals surface area contributed by atoms with E-state index in [4.69, 9.17) is 4.98 Å². The first-order valence-corrected chi connectivity index (χ1v) is 9.93. The van der Waals surface area contributed by atoms with Crippen molar-refractivity contribution in [3.63, 3.8) is 0 Å². The van der Waals surface area contributed by atoms with Gasteiger partial charge in [0.25, 0.3) is 0 Å². The summed E-state index contributed by atoms with van der Waals surface area (Å²) in [7, 11) is 0. The van der Waals surface area contributed by atoms with Gasteiger partial charge in [0.05, 0.1) is 17.2 Å². The number of nitrogens with one attached hydrogen (secondary N) is 1. The maximum atomic E-state index is 12.5. The van der Waals surface area contributed by atoms with Crippen LogP contribution in [-0.4, -0.2) is 34.8 Å². The number of amides is 2. The zero-order chi connectivity index (χ0) is 17.1. The van der Waals surface area contributed by atoms with E-state index in [2.05, 4.69) is 10.2 Å². The summed E-state index contributed by atoms with van der Waals surface area (Å²) in [5.74, 6) is 1.03. The van der Waals surface area contributed by atoms with Crippen LogP contribution in [-0.2, 0) is 16.1 Å². The second-order valence-electron chi connectivity index (χ2n) is 7.30. The van der Waals surface area contributed by atoms with E-state index in [1.54, 1.807) is 11.3 Å². The molecular formula is C18H27N3O2S. The molecule has 24 heavy (non-hydrogen) atoms. The summed E-state index contributed by atoms with van der Waals surface area (Å²) in [6.07, 6.45) is 5.49. The van der Waals surface area contributed by atoms with Gasteiger partial charge in [-0.2, -0.15) is 0 Å². The summed E-state index contributed by atoms with van der Waals surface area (Å²) in [6.45, 7) is 5.97.